The average molecular weight is 365 g/mol. The van der Waals surface area contributed by atoms with Crippen LogP contribution in [-0.4, -0.2) is 37.1 Å². The molecule has 1 aliphatic heterocycles. The molecule has 0 atom stereocenters. The number of oxazole rings is 1. The summed E-state index contributed by atoms with van der Waals surface area (Å²) in [6, 6.07) is 5.88. The van der Waals surface area contributed by atoms with Crippen molar-refractivity contribution in [3.63, 3.8) is 0 Å². The lowest BCUT2D eigenvalue weighted by Gasteiger charge is -2.25. The van der Waals surface area contributed by atoms with E-state index in [-0.39, 0.29) is 5.91 Å². The van der Waals surface area contributed by atoms with Crippen LogP contribution in [0.4, 0.5) is 0 Å². The van der Waals surface area contributed by atoms with Gasteiger partial charge in [-0.15, -0.1) is 0 Å². The molecule has 7 nitrogen and oxygen atoms in total. The molecule has 27 heavy (non-hydrogen) atoms. The first-order valence-corrected chi connectivity index (χ1v) is 9.39. The van der Waals surface area contributed by atoms with Gasteiger partial charge in [0.1, 0.15) is 11.5 Å². The van der Waals surface area contributed by atoms with E-state index in [9.17, 15) is 4.79 Å². The van der Waals surface area contributed by atoms with Crippen LogP contribution in [0, 0.1) is 0 Å². The third-order valence-corrected chi connectivity index (χ3v) is 4.81. The monoisotopic (exact) mass is 365 g/mol. The van der Waals surface area contributed by atoms with E-state index in [0.717, 1.165) is 49.6 Å². The molecule has 0 saturated heterocycles. The number of aryl methyl sites for hydroxylation is 3. The molecule has 7 heteroatoms. The van der Waals surface area contributed by atoms with Crippen molar-refractivity contribution in [1.29, 1.82) is 0 Å². The Hall–Kier alpha value is -2.96. The zero-order chi connectivity index (χ0) is 18.5. The smallest absolute Gasteiger partial charge is 0.223 e. The van der Waals surface area contributed by atoms with Crippen LogP contribution >= 0.6 is 0 Å². The van der Waals surface area contributed by atoms with Gasteiger partial charge in [-0.2, -0.15) is 5.10 Å². The number of hydrogen-bond donors (Lipinski definition) is 0. The number of hydrogen-bond acceptors (Lipinski definition) is 5. The quantitative estimate of drug-likeness (QED) is 0.643. The Balaban J connectivity index is 1.28. The molecule has 4 heterocycles. The number of amides is 1. The van der Waals surface area contributed by atoms with Crippen molar-refractivity contribution in [2.24, 2.45) is 0 Å². The second-order valence-corrected chi connectivity index (χ2v) is 6.78. The zero-order valence-corrected chi connectivity index (χ0v) is 15.3. The van der Waals surface area contributed by atoms with Crippen molar-refractivity contribution >= 4 is 5.91 Å². The lowest BCUT2D eigenvalue weighted by atomic mass is 10.1. The topological polar surface area (TPSA) is 77.0 Å². The molecule has 0 aliphatic carbocycles. The third-order valence-electron chi connectivity index (χ3n) is 4.81. The number of carbonyl (C=O) groups is 1. The summed E-state index contributed by atoms with van der Waals surface area (Å²) in [5.41, 5.74) is 2.07. The summed E-state index contributed by atoms with van der Waals surface area (Å²) in [4.78, 5) is 23.1. The summed E-state index contributed by atoms with van der Waals surface area (Å²) in [7, 11) is 0. The molecule has 0 bridgehead atoms. The lowest BCUT2D eigenvalue weighted by molar-refractivity contribution is -0.132. The van der Waals surface area contributed by atoms with E-state index >= 15 is 0 Å². The van der Waals surface area contributed by atoms with Gasteiger partial charge in [-0.1, -0.05) is 6.07 Å². The highest BCUT2D eigenvalue weighted by molar-refractivity contribution is 5.76. The maximum atomic E-state index is 12.5. The van der Waals surface area contributed by atoms with Crippen molar-refractivity contribution in [2.45, 2.75) is 45.2 Å². The fourth-order valence-electron chi connectivity index (χ4n) is 3.35. The summed E-state index contributed by atoms with van der Waals surface area (Å²) in [5, 5.41) is 4.16. The van der Waals surface area contributed by atoms with Gasteiger partial charge in [0.25, 0.3) is 0 Å². The van der Waals surface area contributed by atoms with E-state index in [4.69, 9.17) is 4.42 Å². The summed E-state index contributed by atoms with van der Waals surface area (Å²) in [5.74, 6) is 1.85. The summed E-state index contributed by atoms with van der Waals surface area (Å²) in [6.07, 6.45) is 11.0. The highest BCUT2D eigenvalue weighted by atomic mass is 16.4. The molecule has 0 aromatic carbocycles. The van der Waals surface area contributed by atoms with Gasteiger partial charge in [-0.05, 0) is 30.5 Å². The second-order valence-electron chi connectivity index (χ2n) is 6.78. The van der Waals surface area contributed by atoms with Gasteiger partial charge in [0.15, 0.2) is 5.89 Å². The van der Waals surface area contributed by atoms with Crippen LogP contribution in [-0.2, 0) is 37.1 Å². The molecule has 0 fully saturated rings. The van der Waals surface area contributed by atoms with Gasteiger partial charge in [-0.25, -0.2) is 4.98 Å². The Morgan fingerprint density at radius 1 is 1.22 bits per heavy atom. The molecular weight excluding hydrogens is 342 g/mol. The molecule has 0 unspecified atom stereocenters. The van der Waals surface area contributed by atoms with Crippen molar-refractivity contribution in [1.82, 2.24) is 24.6 Å². The summed E-state index contributed by atoms with van der Waals surface area (Å²) >= 11 is 0. The largest absolute Gasteiger partial charge is 0.445 e. The molecule has 1 aliphatic rings. The van der Waals surface area contributed by atoms with Gasteiger partial charge in [0, 0.05) is 57.1 Å². The molecule has 3 aromatic heterocycles. The Bertz CT molecular complexity index is 873. The number of pyridine rings is 1. The number of nitrogens with zero attached hydrogens (tertiary/aromatic N) is 5. The minimum absolute atomic E-state index is 0.174. The molecule has 0 N–H and O–H groups in total. The van der Waals surface area contributed by atoms with Gasteiger partial charge in [0.05, 0.1) is 6.54 Å². The van der Waals surface area contributed by atoms with Gasteiger partial charge >= 0.3 is 0 Å². The van der Waals surface area contributed by atoms with E-state index in [0.29, 0.717) is 19.5 Å². The first kappa shape index (κ1) is 17.5. The molecule has 0 radical (unpaired) electrons. The minimum atomic E-state index is 0.174. The fraction of sp³-hybridized carbons (Fsp3) is 0.400. The van der Waals surface area contributed by atoms with Crippen LogP contribution < -0.4 is 0 Å². The Kier molecular flexibility index (Phi) is 5.27. The predicted molar refractivity (Wildman–Crippen MR) is 98.7 cm³/mol. The van der Waals surface area contributed by atoms with Crippen molar-refractivity contribution in [3.8, 4) is 0 Å². The van der Waals surface area contributed by atoms with E-state index in [2.05, 4.69) is 21.1 Å². The van der Waals surface area contributed by atoms with E-state index in [1.54, 1.807) is 12.4 Å². The highest BCUT2D eigenvalue weighted by Gasteiger charge is 2.25. The van der Waals surface area contributed by atoms with E-state index in [1.165, 1.54) is 5.56 Å². The van der Waals surface area contributed by atoms with Crippen LogP contribution in [0.5, 0.6) is 0 Å². The standard InChI is InChI=1S/C20H23N5O2/c26-20(5-2-11-25-12-3-10-22-25)24-13-8-18-17(15-24)23-19(27-18)7-6-16-4-1-9-21-14-16/h1,3-4,9-10,12,14H,2,5-8,11,13,15H2. The number of aromatic nitrogens is 4. The van der Waals surface area contributed by atoms with Crippen molar-refractivity contribution < 1.29 is 9.21 Å². The first-order chi connectivity index (χ1) is 13.3. The maximum Gasteiger partial charge on any atom is 0.223 e. The summed E-state index contributed by atoms with van der Waals surface area (Å²) < 4.78 is 7.76. The Labute approximate surface area is 158 Å². The first-order valence-electron chi connectivity index (χ1n) is 9.39. The molecule has 3 aromatic rings. The average Bonchev–Trinajstić information content (AvgIpc) is 3.36. The van der Waals surface area contributed by atoms with Gasteiger partial charge in [-0.3, -0.25) is 14.5 Å². The van der Waals surface area contributed by atoms with Gasteiger partial charge < -0.3 is 9.32 Å². The molecule has 4 rings (SSSR count). The van der Waals surface area contributed by atoms with E-state index in [1.807, 2.05) is 34.1 Å². The molecule has 0 saturated carbocycles. The maximum absolute atomic E-state index is 12.5. The highest BCUT2D eigenvalue weighted by Crippen LogP contribution is 2.21. The zero-order valence-electron chi connectivity index (χ0n) is 15.3. The number of fused-ring (bicyclic) bond motifs is 1. The molecule has 140 valence electrons. The van der Waals surface area contributed by atoms with Crippen LogP contribution in [0.15, 0.2) is 47.4 Å². The van der Waals surface area contributed by atoms with Crippen molar-refractivity contribution in [3.05, 3.63) is 65.9 Å². The number of rotatable bonds is 7. The molecule has 0 spiro atoms. The minimum Gasteiger partial charge on any atom is -0.445 e. The van der Waals surface area contributed by atoms with Crippen LogP contribution in [0.25, 0.3) is 0 Å². The lowest BCUT2D eigenvalue weighted by Crippen LogP contribution is -2.35. The van der Waals surface area contributed by atoms with E-state index < -0.39 is 0 Å². The fourth-order valence-corrected chi connectivity index (χ4v) is 3.35. The molecular formula is C20H23N5O2. The number of carbonyl (C=O) groups excluding carboxylic acids is 1. The van der Waals surface area contributed by atoms with Crippen molar-refractivity contribution in [2.75, 3.05) is 6.54 Å². The van der Waals surface area contributed by atoms with Crippen LogP contribution in [0.1, 0.15) is 35.7 Å². The third kappa shape index (κ3) is 4.42. The normalized spacial score (nSPS) is 13.6. The Morgan fingerprint density at radius 3 is 3.00 bits per heavy atom. The SMILES string of the molecule is O=C(CCCn1cccn1)N1CCc2oc(CCc3cccnc3)nc2C1. The summed E-state index contributed by atoms with van der Waals surface area (Å²) in [6.45, 7) is 2.01. The Morgan fingerprint density at radius 2 is 2.19 bits per heavy atom. The predicted octanol–water partition coefficient (Wildman–Crippen LogP) is 2.42. The van der Waals surface area contributed by atoms with Crippen LogP contribution in [0.2, 0.25) is 0 Å². The van der Waals surface area contributed by atoms with Gasteiger partial charge in [0.2, 0.25) is 5.91 Å². The van der Waals surface area contributed by atoms with Crippen LogP contribution in [0.3, 0.4) is 0 Å². The molecule has 1 amide bonds. The second kappa shape index (κ2) is 8.16.